The third-order valence-electron chi connectivity index (χ3n) is 5.43. The molecule has 1 heterocycles. The molecule has 1 saturated heterocycles. The second-order valence-corrected chi connectivity index (χ2v) is 9.69. The third kappa shape index (κ3) is 5.35. The van der Waals surface area contributed by atoms with E-state index in [9.17, 15) is 17.6 Å². The normalized spacial score (nSPS) is 19.1. The zero-order valence-corrected chi connectivity index (χ0v) is 18.3. The van der Waals surface area contributed by atoms with Gasteiger partial charge >= 0.3 is 0 Å². The molecule has 2 aliphatic rings. The van der Waals surface area contributed by atoms with Gasteiger partial charge in [0.2, 0.25) is 15.9 Å². The first-order chi connectivity index (χ1) is 15.4. The van der Waals surface area contributed by atoms with E-state index < -0.39 is 15.8 Å². The van der Waals surface area contributed by atoms with Crippen LogP contribution in [0.25, 0.3) is 0 Å². The summed E-state index contributed by atoms with van der Waals surface area (Å²) in [6.45, 7) is 1.21. The number of benzene rings is 2. The van der Waals surface area contributed by atoms with E-state index in [0.717, 1.165) is 12.8 Å². The number of nitrogens with zero attached hydrogens (tertiary/aromatic N) is 1. The Hall–Kier alpha value is -2.75. The molecule has 1 aliphatic heterocycles. The number of halogens is 1. The van der Waals surface area contributed by atoms with Gasteiger partial charge in [0.1, 0.15) is 11.6 Å². The lowest BCUT2D eigenvalue weighted by Crippen LogP contribution is -2.40. The van der Waals surface area contributed by atoms with Crippen molar-refractivity contribution in [1.82, 2.24) is 4.31 Å². The second kappa shape index (κ2) is 9.81. The Kier molecular flexibility index (Phi) is 6.88. The number of carbonyl (C=O) groups is 1. The molecule has 1 fully saturated rings. The Morgan fingerprint density at radius 3 is 2.59 bits per heavy atom. The summed E-state index contributed by atoms with van der Waals surface area (Å²) in [5, 5.41) is 2.80. The van der Waals surface area contributed by atoms with E-state index in [0.29, 0.717) is 25.4 Å². The fourth-order valence-corrected chi connectivity index (χ4v) is 5.16. The first-order valence-electron chi connectivity index (χ1n) is 10.5. The lowest BCUT2D eigenvalue weighted by Gasteiger charge is -2.26. The summed E-state index contributed by atoms with van der Waals surface area (Å²) in [5.74, 6) is 0.169. The van der Waals surface area contributed by atoms with Crippen molar-refractivity contribution in [2.75, 3.05) is 31.6 Å². The molecule has 0 unspecified atom stereocenters. The molecule has 2 aromatic rings. The number of ether oxygens (including phenoxy) is 2. The fraction of sp³-hybridized carbons (Fsp3) is 0.348. The molecule has 9 heteroatoms. The quantitative estimate of drug-likeness (QED) is 0.633. The molecular formula is C23H25FN2O5S. The first-order valence-corrected chi connectivity index (χ1v) is 12.0. The van der Waals surface area contributed by atoms with Gasteiger partial charge in [-0.2, -0.15) is 4.31 Å². The van der Waals surface area contributed by atoms with Gasteiger partial charge in [0.25, 0.3) is 0 Å². The molecule has 170 valence electrons. The minimum Gasteiger partial charge on any atom is -0.455 e. The Balaban J connectivity index is 1.61. The van der Waals surface area contributed by atoms with Crippen LogP contribution in [-0.4, -0.2) is 44.9 Å². The minimum atomic E-state index is -3.75. The van der Waals surface area contributed by atoms with Crippen LogP contribution in [0.1, 0.15) is 19.3 Å². The standard InChI is InChI=1S/C23H25FN2O5S/c24-18-5-7-19(8-6-18)31-22-10-9-20(32(28,29)26-11-13-30-14-12-26)16-21(22)25-23(27)15-17-3-1-2-4-17/h1,3,5-10,16-17H,2,4,11-15H2,(H,25,27)/t17-/m1/s1. The molecular weight excluding hydrogens is 435 g/mol. The van der Waals surface area contributed by atoms with Crippen LogP contribution in [0.4, 0.5) is 10.1 Å². The van der Waals surface area contributed by atoms with Crippen molar-refractivity contribution in [2.24, 2.45) is 5.92 Å². The summed E-state index contributed by atoms with van der Waals surface area (Å²) in [6.07, 6.45) is 6.24. The fourth-order valence-electron chi connectivity index (χ4n) is 3.73. The highest BCUT2D eigenvalue weighted by Crippen LogP contribution is 2.33. The van der Waals surface area contributed by atoms with Gasteiger partial charge in [-0.15, -0.1) is 0 Å². The number of anilines is 1. The van der Waals surface area contributed by atoms with Gasteiger partial charge in [-0.3, -0.25) is 4.79 Å². The molecule has 7 nitrogen and oxygen atoms in total. The third-order valence-corrected chi connectivity index (χ3v) is 7.33. The Bertz CT molecular complexity index is 1100. The molecule has 2 aromatic carbocycles. The van der Waals surface area contributed by atoms with E-state index in [1.54, 1.807) is 0 Å². The predicted octanol–water partition coefficient (Wildman–Crippen LogP) is 3.93. The number of sulfonamides is 1. The lowest BCUT2D eigenvalue weighted by molar-refractivity contribution is -0.116. The zero-order valence-electron chi connectivity index (χ0n) is 17.5. The van der Waals surface area contributed by atoms with Gasteiger partial charge in [-0.1, -0.05) is 12.2 Å². The van der Waals surface area contributed by atoms with Crippen LogP contribution >= 0.6 is 0 Å². The molecule has 4 rings (SSSR count). The Labute approximate surface area is 186 Å². The lowest BCUT2D eigenvalue weighted by atomic mass is 10.1. The highest BCUT2D eigenvalue weighted by atomic mass is 32.2. The molecule has 0 aromatic heterocycles. The predicted molar refractivity (Wildman–Crippen MR) is 118 cm³/mol. The van der Waals surface area contributed by atoms with E-state index in [4.69, 9.17) is 9.47 Å². The molecule has 0 spiro atoms. The highest BCUT2D eigenvalue weighted by molar-refractivity contribution is 7.89. The molecule has 0 bridgehead atoms. The van der Waals surface area contributed by atoms with Crippen molar-refractivity contribution in [1.29, 1.82) is 0 Å². The number of carbonyl (C=O) groups excluding carboxylic acids is 1. The molecule has 1 aliphatic carbocycles. The second-order valence-electron chi connectivity index (χ2n) is 7.75. The summed E-state index contributed by atoms with van der Waals surface area (Å²) in [5.41, 5.74) is 0.246. The molecule has 0 radical (unpaired) electrons. The topological polar surface area (TPSA) is 84.9 Å². The SMILES string of the molecule is O=C(C[C@@H]1C=CCC1)Nc1cc(S(=O)(=O)N2CCOCC2)ccc1Oc1ccc(F)cc1. The highest BCUT2D eigenvalue weighted by Gasteiger charge is 2.27. The van der Waals surface area contributed by atoms with Crippen LogP contribution in [0.5, 0.6) is 11.5 Å². The van der Waals surface area contributed by atoms with Crippen LogP contribution in [-0.2, 0) is 19.6 Å². The van der Waals surface area contributed by atoms with Crippen LogP contribution in [0.2, 0.25) is 0 Å². The number of allylic oxidation sites excluding steroid dienone is 2. The van der Waals surface area contributed by atoms with E-state index in [1.807, 2.05) is 6.08 Å². The van der Waals surface area contributed by atoms with Crippen LogP contribution in [0, 0.1) is 11.7 Å². The van der Waals surface area contributed by atoms with Crippen LogP contribution in [0.3, 0.4) is 0 Å². The van der Waals surface area contributed by atoms with Crippen molar-refractivity contribution in [2.45, 2.75) is 24.2 Å². The van der Waals surface area contributed by atoms with Crippen molar-refractivity contribution in [3.05, 3.63) is 60.4 Å². The van der Waals surface area contributed by atoms with Crippen molar-refractivity contribution in [3.8, 4) is 11.5 Å². The monoisotopic (exact) mass is 460 g/mol. The van der Waals surface area contributed by atoms with Crippen LogP contribution < -0.4 is 10.1 Å². The average molecular weight is 461 g/mol. The molecule has 1 N–H and O–H groups in total. The largest absolute Gasteiger partial charge is 0.455 e. The molecule has 1 amide bonds. The number of amides is 1. The van der Waals surface area contributed by atoms with Gasteiger partial charge in [0.15, 0.2) is 5.75 Å². The Morgan fingerprint density at radius 2 is 1.91 bits per heavy atom. The van der Waals surface area contributed by atoms with Gasteiger partial charge in [0, 0.05) is 19.5 Å². The van der Waals surface area contributed by atoms with E-state index in [1.165, 1.54) is 46.8 Å². The maximum atomic E-state index is 13.2. The Morgan fingerprint density at radius 1 is 1.16 bits per heavy atom. The summed E-state index contributed by atoms with van der Waals surface area (Å²) >= 11 is 0. The van der Waals surface area contributed by atoms with Crippen molar-refractivity contribution < 1.29 is 27.1 Å². The smallest absolute Gasteiger partial charge is 0.243 e. The average Bonchev–Trinajstić information content (AvgIpc) is 3.30. The zero-order chi connectivity index (χ0) is 22.6. The number of hydrogen-bond acceptors (Lipinski definition) is 5. The van der Waals surface area contributed by atoms with Gasteiger partial charge < -0.3 is 14.8 Å². The van der Waals surface area contributed by atoms with Crippen molar-refractivity contribution in [3.63, 3.8) is 0 Å². The van der Waals surface area contributed by atoms with E-state index in [2.05, 4.69) is 11.4 Å². The van der Waals surface area contributed by atoms with E-state index >= 15 is 0 Å². The maximum absolute atomic E-state index is 13.2. The van der Waals surface area contributed by atoms with Gasteiger partial charge in [0.05, 0.1) is 23.8 Å². The number of hydrogen-bond donors (Lipinski definition) is 1. The molecule has 32 heavy (non-hydrogen) atoms. The minimum absolute atomic E-state index is 0.0573. The van der Waals surface area contributed by atoms with Gasteiger partial charge in [-0.25, -0.2) is 12.8 Å². The van der Waals surface area contributed by atoms with E-state index in [-0.39, 0.29) is 41.2 Å². The van der Waals surface area contributed by atoms with Crippen LogP contribution in [0.15, 0.2) is 59.5 Å². The first kappa shape index (κ1) is 22.4. The van der Waals surface area contributed by atoms with Crippen molar-refractivity contribution >= 4 is 21.6 Å². The summed E-state index contributed by atoms with van der Waals surface area (Å²) in [4.78, 5) is 12.7. The summed E-state index contributed by atoms with van der Waals surface area (Å²) in [7, 11) is -3.75. The summed E-state index contributed by atoms with van der Waals surface area (Å²) < 4.78 is 51.8. The molecule has 0 saturated carbocycles. The number of nitrogens with one attached hydrogen (secondary N) is 1. The number of rotatable bonds is 7. The van der Waals surface area contributed by atoms with Gasteiger partial charge in [-0.05, 0) is 61.2 Å². The molecule has 1 atom stereocenters. The maximum Gasteiger partial charge on any atom is 0.243 e. The number of morpholine rings is 1. The summed E-state index contributed by atoms with van der Waals surface area (Å²) in [6, 6.07) is 9.80.